The number of carbonyl (C=O) groups is 2. The Morgan fingerprint density at radius 3 is 2.27 bits per heavy atom. The molecule has 37 heavy (non-hydrogen) atoms. The molecule has 0 saturated heterocycles. The maximum atomic E-state index is 13.6. The fraction of sp³-hybridized carbons (Fsp3) is 0.148. The van der Waals surface area contributed by atoms with Gasteiger partial charge in [0.2, 0.25) is 10.0 Å². The zero-order chi connectivity index (χ0) is 26.6. The number of anilines is 1. The molecule has 0 fully saturated rings. The lowest BCUT2D eigenvalue weighted by molar-refractivity contribution is 0.0884. The first-order valence-electron chi connectivity index (χ1n) is 11.6. The SMILES string of the molecule is CCS(=O)(=O)N(CC(=O)n1c(C(=O)NCc2ccc(C(=N)N)cc2)cc2ccccc21)c1ccccc1. The van der Waals surface area contributed by atoms with E-state index in [-0.39, 0.29) is 23.8 Å². The van der Waals surface area contributed by atoms with Crippen molar-refractivity contribution in [3.05, 3.63) is 102 Å². The third kappa shape index (κ3) is 5.54. The summed E-state index contributed by atoms with van der Waals surface area (Å²) < 4.78 is 28.1. The zero-order valence-corrected chi connectivity index (χ0v) is 21.0. The lowest BCUT2D eigenvalue weighted by atomic mass is 10.1. The first-order valence-corrected chi connectivity index (χ1v) is 13.2. The highest BCUT2D eigenvalue weighted by Crippen LogP contribution is 2.23. The summed E-state index contributed by atoms with van der Waals surface area (Å²) in [6.07, 6.45) is 0. The maximum absolute atomic E-state index is 13.6. The molecule has 1 aromatic heterocycles. The molecule has 10 heteroatoms. The predicted octanol–water partition coefficient (Wildman–Crippen LogP) is 3.35. The number of amides is 1. The molecule has 1 amide bonds. The fourth-order valence-electron chi connectivity index (χ4n) is 3.96. The predicted molar refractivity (Wildman–Crippen MR) is 144 cm³/mol. The molecule has 3 aromatic carbocycles. The first-order chi connectivity index (χ1) is 17.7. The van der Waals surface area contributed by atoms with Crippen molar-refractivity contribution in [3.8, 4) is 0 Å². The van der Waals surface area contributed by atoms with Crippen LogP contribution in [0, 0.1) is 5.41 Å². The molecule has 9 nitrogen and oxygen atoms in total. The number of hydrogen-bond acceptors (Lipinski definition) is 5. The van der Waals surface area contributed by atoms with E-state index in [9.17, 15) is 18.0 Å². The zero-order valence-electron chi connectivity index (χ0n) is 20.2. The van der Waals surface area contributed by atoms with E-state index in [1.54, 1.807) is 84.9 Å². The van der Waals surface area contributed by atoms with Crippen molar-refractivity contribution >= 4 is 44.3 Å². The topological polar surface area (TPSA) is 138 Å². The smallest absolute Gasteiger partial charge is 0.268 e. The van der Waals surface area contributed by atoms with E-state index in [0.29, 0.717) is 22.2 Å². The molecule has 4 rings (SSSR count). The highest BCUT2D eigenvalue weighted by molar-refractivity contribution is 7.92. The average Bonchev–Trinajstić information content (AvgIpc) is 3.31. The number of nitrogens with two attached hydrogens (primary N) is 1. The Morgan fingerprint density at radius 2 is 1.62 bits per heavy atom. The lowest BCUT2D eigenvalue weighted by Gasteiger charge is -2.23. The molecule has 1 heterocycles. The van der Waals surface area contributed by atoms with Crippen molar-refractivity contribution < 1.29 is 18.0 Å². The summed E-state index contributed by atoms with van der Waals surface area (Å²) in [5.41, 5.74) is 7.83. The second-order valence-electron chi connectivity index (χ2n) is 8.35. The van der Waals surface area contributed by atoms with Crippen LogP contribution in [0.25, 0.3) is 10.9 Å². The van der Waals surface area contributed by atoms with Gasteiger partial charge in [-0.05, 0) is 36.8 Å². The Balaban J connectivity index is 1.65. The number of rotatable bonds is 9. The summed E-state index contributed by atoms with van der Waals surface area (Å²) in [7, 11) is -3.77. The highest BCUT2D eigenvalue weighted by Gasteiger charge is 2.27. The van der Waals surface area contributed by atoms with E-state index in [1.165, 1.54) is 11.5 Å². The normalized spacial score (nSPS) is 11.3. The van der Waals surface area contributed by atoms with Gasteiger partial charge in [0.1, 0.15) is 18.1 Å². The highest BCUT2D eigenvalue weighted by atomic mass is 32.2. The van der Waals surface area contributed by atoms with Gasteiger partial charge < -0.3 is 11.1 Å². The number of fused-ring (bicyclic) bond motifs is 1. The van der Waals surface area contributed by atoms with Crippen LogP contribution in [0.1, 0.15) is 33.3 Å². The minimum Gasteiger partial charge on any atom is -0.384 e. The van der Waals surface area contributed by atoms with Gasteiger partial charge >= 0.3 is 0 Å². The standard InChI is InChI=1S/C27H27N5O4S/c1-2-37(35,36)31(22-9-4-3-5-10-22)18-25(33)32-23-11-7-6-8-21(23)16-24(32)27(34)30-17-19-12-14-20(15-13-19)26(28)29/h3-16H,2,17-18H2,1H3,(H3,28,29)(H,30,34). The summed E-state index contributed by atoms with van der Waals surface area (Å²) in [5.74, 6) is -1.27. The Bertz CT molecular complexity index is 1560. The van der Waals surface area contributed by atoms with Gasteiger partial charge in [0.15, 0.2) is 0 Å². The number of nitrogens with zero attached hydrogens (tertiary/aromatic N) is 2. The van der Waals surface area contributed by atoms with Crippen LogP contribution in [0.3, 0.4) is 0 Å². The van der Waals surface area contributed by atoms with Crippen LogP contribution in [0.5, 0.6) is 0 Å². The van der Waals surface area contributed by atoms with Crippen LogP contribution >= 0.6 is 0 Å². The maximum Gasteiger partial charge on any atom is 0.268 e. The third-order valence-electron chi connectivity index (χ3n) is 5.93. The van der Waals surface area contributed by atoms with E-state index in [1.807, 2.05) is 0 Å². The molecule has 0 radical (unpaired) electrons. The van der Waals surface area contributed by atoms with Gasteiger partial charge in [-0.25, -0.2) is 8.42 Å². The number of amidine groups is 1. The van der Waals surface area contributed by atoms with E-state index in [4.69, 9.17) is 11.1 Å². The van der Waals surface area contributed by atoms with Crippen molar-refractivity contribution in [2.24, 2.45) is 5.73 Å². The number of para-hydroxylation sites is 2. The largest absolute Gasteiger partial charge is 0.384 e. The molecule has 0 bridgehead atoms. The van der Waals surface area contributed by atoms with Crippen molar-refractivity contribution in [1.29, 1.82) is 5.41 Å². The van der Waals surface area contributed by atoms with Crippen molar-refractivity contribution in [1.82, 2.24) is 9.88 Å². The van der Waals surface area contributed by atoms with Crippen molar-refractivity contribution in [2.75, 3.05) is 16.6 Å². The second-order valence-corrected chi connectivity index (χ2v) is 10.5. The molecular formula is C27H27N5O4S. The summed E-state index contributed by atoms with van der Waals surface area (Å²) >= 11 is 0. The molecule has 0 aliphatic carbocycles. The monoisotopic (exact) mass is 517 g/mol. The van der Waals surface area contributed by atoms with Crippen LogP contribution in [0.4, 0.5) is 5.69 Å². The van der Waals surface area contributed by atoms with E-state index < -0.39 is 28.4 Å². The molecule has 0 aliphatic rings. The number of benzene rings is 3. The van der Waals surface area contributed by atoms with Gasteiger partial charge in [-0.3, -0.25) is 23.9 Å². The molecule has 4 aromatic rings. The van der Waals surface area contributed by atoms with Gasteiger partial charge in [-0.1, -0.05) is 60.7 Å². The van der Waals surface area contributed by atoms with Crippen molar-refractivity contribution in [3.63, 3.8) is 0 Å². The van der Waals surface area contributed by atoms with Crippen LogP contribution in [0.2, 0.25) is 0 Å². The molecule has 0 unspecified atom stereocenters. The Labute approximate surface area is 215 Å². The molecule has 190 valence electrons. The van der Waals surface area contributed by atoms with Crippen molar-refractivity contribution in [2.45, 2.75) is 13.5 Å². The van der Waals surface area contributed by atoms with Gasteiger partial charge in [0.05, 0.1) is 17.0 Å². The minimum absolute atomic E-state index is 0.0479. The van der Waals surface area contributed by atoms with E-state index in [2.05, 4.69) is 5.32 Å². The third-order valence-corrected chi connectivity index (χ3v) is 7.68. The van der Waals surface area contributed by atoms with Gasteiger partial charge in [0, 0.05) is 17.5 Å². The van der Waals surface area contributed by atoms with Gasteiger partial charge in [-0.15, -0.1) is 0 Å². The van der Waals surface area contributed by atoms with Crippen LogP contribution < -0.4 is 15.4 Å². The number of nitrogen functional groups attached to an aromatic ring is 1. The Kier molecular flexibility index (Phi) is 7.40. The number of carbonyl (C=O) groups excluding carboxylic acids is 2. The summed E-state index contributed by atoms with van der Waals surface area (Å²) in [5, 5.41) is 11.0. The Morgan fingerprint density at radius 1 is 0.973 bits per heavy atom. The summed E-state index contributed by atoms with van der Waals surface area (Å²) in [4.78, 5) is 26.8. The van der Waals surface area contributed by atoms with Gasteiger partial charge in [0.25, 0.3) is 11.8 Å². The molecule has 0 spiro atoms. The molecule has 4 N–H and O–H groups in total. The molecule has 0 atom stereocenters. The second kappa shape index (κ2) is 10.7. The van der Waals surface area contributed by atoms with Gasteiger partial charge in [-0.2, -0.15) is 0 Å². The quantitative estimate of drug-likeness (QED) is 0.231. The molecular weight excluding hydrogens is 490 g/mol. The van der Waals surface area contributed by atoms with E-state index in [0.717, 1.165) is 9.87 Å². The number of hydrogen-bond donors (Lipinski definition) is 3. The Hall–Kier alpha value is -4.44. The van der Waals surface area contributed by atoms with Crippen LogP contribution in [0.15, 0.2) is 84.9 Å². The fourth-order valence-corrected chi connectivity index (χ4v) is 5.02. The average molecular weight is 518 g/mol. The number of nitrogens with one attached hydrogen (secondary N) is 2. The number of aromatic nitrogens is 1. The first kappa shape index (κ1) is 25.6. The van der Waals surface area contributed by atoms with Crippen LogP contribution in [-0.4, -0.2) is 42.9 Å². The van der Waals surface area contributed by atoms with Crippen LogP contribution in [-0.2, 0) is 16.6 Å². The van der Waals surface area contributed by atoms with E-state index >= 15 is 0 Å². The lowest BCUT2D eigenvalue weighted by Crippen LogP contribution is -2.39. The summed E-state index contributed by atoms with van der Waals surface area (Å²) in [6, 6.07) is 24.0. The number of sulfonamides is 1. The minimum atomic E-state index is -3.77. The molecule has 0 saturated carbocycles. The molecule has 0 aliphatic heterocycles. The summed E-state index contributed by atoms with van der Waals surface area (Å²) in [6.45, 7) is 1.24.